The first-order chi connectivity index (χ1) is 13.2. The van der Waals surface area contributed by atoms with Crippen molar-refractivity contribution in [3.8, 4) is 11.5 Å². The predicted octanol–water partition coefficient (Wildman–Crippen LogP) is 3.94. The van der Waals surface area contributed by atoms with E-state index in [1.807, 2.05) is 12.1 Å². The molecule has 1 amide bonds. The number of carbonyl (C=O) groups is 2. The maximum atomic E-state index is 13.0. The fourth-order valence-corrected chi connectivity index (χ4v) is 2.91. The molecule has 3 aromatic carbocycles. The van der Waals surface area contributed by atoms with Gasteiger partial charge >= 0.3 is 0 Å². The van der Waals surface area contributed by atoms with E-state index in [4.69, 9.17) is 9.47 Å². The topological polar surface area (TPSA) is 64.6 Å². The van der Waals surface area contributed by atoms with Crippen LogP contribution in [0.2, 0.25) is 0 Å². The van der Waals surface area contributed by atoms with Gasteiger partial charge in [0.2, 0.25) is 0 Å². The van der Waals surface area contributed by atoms with E-state index in [0.29, 0.717) is 47.1 Å². The van der Waals surface area contributed by atoms with Crippen LogP contribution in [0.4, 0.5) is 5.69 Å². The van der Waals surface area contributed by atoms with Crippen LogP contribution in [0.1, 0.15) is 26.3 Å². The fourth-order valence-electron chi connectivity index (χ4n) is 2.91. The minimum Gasteiger partial charge on any atom is -0.486 e. The van der Waals surface area contributed by atoms with Gasteiger partial charge in [0.25, 0.3) is 5.91 Å². The summed E-state index contributed by atoms with van der Waals surface area (Å²) in [4.78, 5) is 25.6. The van der Waals surface area contributed by atoms with Gasteiger partial charge in [0.1, 0.15) is 13.2 Å². The monoisotopic (exact) mass is 359 g/mol. The smallest absolute Gasteiger partial charge is 0.255 e. The molecule has 27 heavy (non-hydrogen) atoms. The molecule has 1 heterocycles. The van der Waals surface area contributed by atoms with Crippen LogP contribution in [0, 0.1) is 0 Å². The van der Waals surface area contributed by atoms with Crippen molar-refractivity contribution in [3.63, 3.8) is 0 Å². The van der Waals surface area contributed by atoms with Crippen LogP contribution in [0.5, 0.6) is 11.5 Å². The van der Waals surface area contributed by atoms with Crippen molar-refractivity contribution < 1.29 is 19.1 Å². The van der Waals surface area contributed by atoms with Crippen LogP contribution in [-0.2, 0) is 0 Å². The zero-order valence-corrected chi connectivity index (χ0v) is 14.5. The highest BCUT2D eigenvalue weighted by molar-refractivity contribution is 6.15. The Balaban J connectivity index is 1.74. The number of carbonyl (C=O) groups excluding carboxylic acids is 2. The summed E-state index contributed by atoms with van der Waals surface area (Å²) < 4.78 is 11.2. The number of rotatable bonds is 4. The molecule has 0 aromatic heterocycles. The second-order valence-electron chi connectivity index (χ2n) is 6.06. The molecule has 0 fully saturated rings. The maximum Gasteiger partial charge on any atom is 0.255 e. The van der Waals surface area contributed by atoms with E-state index in [9.17, 15) is 9.59 Å². The van der Waals surface area contributed by atoms with E-state index in [1.54, 1.807) is 60.7 Å². The minimum atomic E-state index is -0.297. The molecule has 4 rings (SSSR count). The third kappa shape index (κ3) is 3.53. The van der Waals surface area contributed by atoms with Crippen molar-refractivity contribution in [1.82, 2.24) is 0 Å². The molecule has 0 radical (unpaired) electrons. The summed E-state index contributed by atoms with van der Waals surface area (Å²) in [7, 11) is 0. The number of benzene rings is 3. The molecular weight excluding hydrogens is 342 g/mol. The van der Waals surface area contributed by atoms with Crippen LogP contribution in [-0.4, -0.2) is 24.9 Å². The van der Waals surface area contributed by atoms with Gasteiger partial charge in [-0.05, 0) is 18.2 Å². The van der Waals surface area contributed by atoms with Gasteiger partial charge in [-0.25, -0.2) is 0 Å². The summed E-state index contributed by atoms with van der Waals surface area (Å²) in [5, 5.41) is 2.83. The lowest BCUT2D eigenvalue weighted by Gasteiger charge is -2.21. The Kier molecular flexibility index (Phi) is 4.58. The first kappa shape index (κ1) is 16.8. The lowest BCUT2D eigenvalue weighted by Crippen LogP contribution is -2.19. The molecule has 0 aliphatic carbocycles. The number of anilines is 1. The number of fused-ring (bicyclic) bond motifs is 1. The molecule has 0 saturated heterocycles. The third-order valence-electron chi connectivity index (χ3n) is 4.25. The van der Waals surface area contributed by atoms with Crippen LogP contribution in [0.15, 0.2) is 72.8 Å². The van der Waals surface area contributed by atoms with E-state index >= 15 is 0 Å². The average Bonchev–Trinajstić information content (AvgIpc) is 2.74. The van der Waals surface area contributed by atoms with Crippen molar-refractivity contribution in [2.45, 2.75) is 0 Å². The number of amides is 1. The standard InChI is InChI=1S/C22H17NO4/c24-21(15-7-3-1-4-8-15)17-13-19-20(27-12-11-26-19)14-18(17)23-22(25)16-9-5-2-6-10-16/h1-10,13-14H,11-12H2,(H,23,25). The molecule has 1 aliphatic heterocycles. The first-order valence-electron chi connectivity index (χ1n) is 8.62. The van der Waals surface area contributed by atoms with Crippen LogP contribution in [0.3, 0.4) is 0 Å². The molecule has 1 N–H and O–H groups in total. The lowest BCUT2D eigenvalue weighted by atomic mass is 10.0. The highest BCUT2D eigenvalue weighted by Gasteiger charge is 2.22. The molecule has 0 saturated carbocycles. The van der Waals surface area contributed by atoms with Crippen molar-refractivity contribution in [3.05, 3.63) is 89.5 Å². The average molecular weight is 359 g/mol. The Morgan fingerprint density at radius 1 is 0.741 bits per heavy atom. The van der Waals surface area contributed by atoms with E-state index in [0.717, 1.165) is 0 Å². The van der Waals surface area contributed by atoms with E-state index < -0.39 is 0 Å². The highest BCUT2D eigenvalue weighted by Crippen LogP contribution is 2.36. The fraction of sp³-hybridized carbons (Fsp3) is 0.0909. The molecule has 0 unspecified atom stereocenters. The molecule has 5 heteroatoms. The SMILES string of the molecule is O=C(Nc1cc2c(cc1C(=O)c1ccccc1)OCCO2)c1ccccc1. The van der Waals surface area contributed by atoms with Crippen LogP contribution >= 0.6 is 0 Å². The molecule has 0 atom stereocenters. The van der Waals surface area contributed by atoms with Gasteiger partial charge in [-0.2, -0.15) is 0 Å². The van der Waals surface area contributed by atoms with Crippen LogP contribution < -0.4 is 14.8 Å². The Morgan fingerprint density at radius 2 is 1.30 bits per heavy atom. The first-order valence-corrected chi connectivity index (χ1v) is 8.62. The summed E-state index contributed by atoms with van der Waals surface area (Å²) in [5.41, 5.74) is 1.78. The molecule has 0 spiro atoms. The van der Waals surface area contributed by atoms with Crippen molar-refractivity contribution in [2.75, 3.05) is 18.5 Å². The van der Waals surface area contributed by atoms with Crippen molar-refractivity contribution in [1.29, 1.82) is 0 Å². The van der Waals surface area contributed by atoms with Gasteiger partial charge in [0, 0.05) is 17.2 Å². The molecule has 5 nitrogen and oxygen atoms in total. The summed E-state index contributed by atoms with van der Waals surface area (Å²) in [5.74, 6) is 0.512. The molecule has 3 aromatic rings. The summed E-state index contributed by atoms with van der Waals surface area (Å²) in [6, 6.07) is 21.0. The Bertz CT molecular complexity index is 984. The van der Waals surface area contributed by atoms with Crippen molar-refractivity contribution >= 4 is 17.4 Å². The summed E-state index contributed by atoms with van der Waals surface area (Å²) >= 11 is 0. The second-order valence-corrected chi connectivity index (χ2v) is 6.06. The number of hydrogen-bond donors (Lipinski definition) is 1. The highest BCUT2D eigenvalue weighted by atomic mass is 16.6. The lowest BCUT2D eigenvalue weighted by molar-refractivity contribution is 0.102. The number of hydrogen-bond acceptors (Lipinski definition) is 4. The second kappa shape index (κ2) is 7.33. The number of ether oxygens (including phenoxy) is 2. The normalized spacial score (nSPS) is 12.3. The van der Waals surface area contributed by atoms with Gasteiger partial charge < -0.3 is 14.8 Å². The van der Waals surface area contributed by atoms with Gasteiger partial charge in [0.15, 0.2) is 17.3 Å². The van der Waals surface area contributed by atoms with E-state index in [2.05, 4.69) is 5.32 Å². The Morgan fingerprint density at radius 3 is 1.93 bits per heavy atom. The Hall–Kier alpha value is -3.60. The largest absolute Gasteiger partial charge is 0.486 e. The maximum absolute atomic E-state index is 13.0. The van der Waals surface area contributed by atoms with Crippen LogP contribution in [0.25, 0.3) is 0 Å². The van der Waals surface area contributed by atoms with E-state index in [-0.39, 0.29) is 11.7 Å². The van der Waals surface area contributed by atoms with Crippen molar-refractivity contribution in [2.24, 2.45) is 0 Å². The Labute approximate surface area is 156 Å². The molecule has 134 valence electrons. The predicted molar refractivity (Wildman–Crippen MR) is 102 cm³/mol. The summed E-state index contributed by atoms with van der Waals surface area (Å²) in [6.45, 7) is 0.840. The van der Waals surface area contributed by atoms with Gasteiger partial charge in [-0.1, -0.05) is 48.5 Å². The molecule has 0 bridgehead atoms. The quantitative estimate of drug-likeness (QED) is 0.717. The zero-order chi connectivity index (χ0) is 18.6. The number of ketones is 1. The van der Waals surface area contributed by atoms with E-state index in [1.165, 1.54) is 0 Å². The van der Waals surface area contributed by atoms with Gasteiger partial charge in [0.05, 0.1) is 11.3 Å². The van der Waals surface area contributed by atoms with Gasteiger partial charge in [-0.15, -0.1) is 0 Å². The molecular formula is C22H17NO4. The third-order valence-corrected chi connectivity index (χ3v) is 4.25. The van der Waals surface area contributed by atoms with Gasteiger partial charge in [-0.3, -0.25) is 9.59 Å². The minimum absolute atomic E-state index is 0.198. The molecule has 1 aliphatic rings. The summed E-state index contributed by atoms with van der Waals surface area (Å²) in [6.07, 6.45) is 0. The number of nitrogens with one attached hydrogen (secondary N) is 1. The zero-order valence-electron chi connectivity index (χ0n) is 14.5.